The number of Topliss-reactive ketones (excluding diaryl/α,β-unsaturated/α-hetero) is 1. The minimum Gasteiger partial charge on any atom is -0.467 e. The largest absolute Gasteiger partial charge is 0.467 e. The van der Waals surface area contributed by atoms with Gasteiger partial charge in [-0.25, -0.2) is 4.98 Å². The summed E-state index contributed by atoms with van der Waals surface area (Å²) in [6.45, 7) is 6.43. The van der Waals surface area contributed by atoms with Crippen molar-refractivity contribution in [1.29, 1.82) is 0 Å². The topological polar surface area (TPSA) is 117 Å². The first-order valence-electron chi connectivity index (χ1n) is 11.9. The number of thioether (sulfide) groups is 1. The molecule has 3 N–H and O–H groups in total. The Morgan fingerprint density at radius 2 is 1.97 bits per heavy atom. The molecule has 0 radical (unpaired) electrons. The summed E-state index contributed by atoms with van der Waals surface area (Å²) in [4.78, 5) is 46.5. The average molecular weight is 505 g/mol. The molecule has 5 rings (SSSR count). The lowest BCUT2D eigenvalue weighted by Crippen LogP contribution is -2.37. The van der Waals surface area contributed by atoms with Gasteiger partial charge in [-0.15, -0.1) is 0 Å². The molecule has 2 aliphatic rings. The Morgan fingerprint density at radius 1 is 1.19 bits per heavy atom. The van der Waals surface area contributed by atoms with Crippen molar-refractivity contribution in [2.45, 2.75) is 51.2 Å². The van der Waals surface area contributed by atoms with Gasteiger partial charge in [-0.3, -0.25) is 14.4 Å². The summed E-state index contributed by atoms with van der Waals surface area (Å²) in [7, 11) is 0. The number of carbonyl (C=O) groups is 2. The van der Waals surface area contributed by atoms with Crippen molar-refractivity contribution in [2.75, 3.05) is 11.1 Å². The minimum absolute atomic E-state index is 0.0519. The fourth-order valence-corrected chi connectivity index (χ4v) is 5.53. The molecule has 1 amide bonds. The molecule has 1 aliphatic carbocycles. The summed E-state index contributed by atoms with van der Waals surface area (Å²) in [5.41, 5.74) is 3.37. The van der Waals surface area contributed by atoms with E-state index in [1.165, 1.54) is 0 Å². The zero-order valence-electron chi connectivity index (χ0n) is 20.4. The van der Waals surface area contributed by atoms with Gasteiger partial charge in [0.1, 0.15) is 11.6 Å². The second-order valence-electron chi connectivity index (χ2n) is 10.1. The van der Waals surface area contributed by atoms with E-state index in [1.807, 2.05) is 31.2 Å². The molecule has 3 aromatic rings. The van der Waals surface area contributed by atoms with Gasteiger partial charge in [0.15, 0.2) is 10.9 Å². The van der Waals surface area contributed by atoms with Crippen molar-refractivity contribution in [2.24, 2.45) is 5.41 Å². The number of furan rings is 1. The van der Waals surface area contributed by atoms with Gasteiger partial charge in [-0.05, 0) is 36.5 Å². The molecule has 0 spiro atoms. The number of nitrogens with zero attached hydrogens (tertiary/aromatic N) is 1. The predicted molar refractivity (Wildman–Crippen MR) is 138 cm³/mol. The maximum atomic E-state index is 13.4. The molecule has 1 aliphatic heterocycles. The first-order chi connectivity index (χ1) is 17.2. The van der Waals surface area contributed by atoms with Crippen LogP contribution in [0.1, 0.15) is 55.1 Å². The number of anilines is 1. The molecule has 9 heteroatoms. The lowest BCUT2D eigenvalue weighted by atomic mass is 9.69. The molecular weight excluding hydrogens is 476 g/mol. The van der Waals surface area contributed by atoms with Crippen molar-refractivity contribution in [1.82, 2.24) is 15.3 Å². The van der Waals surface area contributed by atoms with Gasteiger partial charge in [0.2, 0.25) is 5.91 Å². The molecule has 186 valence electrons. The zero-order chi connectivity index (χ0) is 25.4. The Hall–Kier alpha value is -3.59. The molecule has 0 fully saturated rings. The van der Waals surface area contributed by atoms with Gasteiger partial charge in [0.25, 0.3) is 5.56 Å². The molecule has 36 heavy (non-hydrogen) atoms. The number of hydrogen-bond donors (Lipinski definition) is 3. The summed E-state index contributed by atoms with van der Waals surface area (Å²) >= 11 is 1.15. The van der Waals surface area contributed by atoms with Gasteiger partial charge in [0.05, 0.1) is 24.1 Å². The van der Waals surface area contributed by atoms with Gasteiger partial charge in [-0.1, -0.05) is 55.4 Å². The number of aromatic amines is 1. The van der Waals surface area contributed by atoms with E-state index in [1.54, 1.807) is 18.4 Å². The Bertz CT molecular complexity index is 1400. The standard InChI is InChI=1S/C27H28N4O4S/c1-15-6-8-16(9-7-15)21-22-18(11-27(2,3)12-19(22)32)29-24-23(21)25(34)31-26(30-24)36-14-20(33)28-13-17-5-4-10-35-17/h4-10,21H,11-14H2,1-3H3,(H,28,33)(H2,29,30,31,34)/t21-/m0/s1. The first-order valence-corrected chi connectivity index (χ1v) is 12.8. The first kappa shape index (κ1) is 24.1. The molecular formula is C27H28N4O4S. The third kappa shape index (κ3) is 4.88. The number of aryl methyl sites for hydroxylation is 1. The number of amides is 1. The van der Waals surface area contributed by atoms with Crippen molar-refractivity contribution in [3.63, 3.8) is 0 Å². The highest BCUT2D eigenvalue weighted by Crippen LogP contribution is 2.47. The zero-order valence-corrected chi connectivity index (χ0v) is 21.3. The number of nitrogens with one attached hydrogen (secondary N) is 3. The van der Waals surface area contributed by atoms with E-state index in [0.29, 0.717) is 47.3 Å². The minimum atomic E-state index is -0.493. The van der Waals surface area contributed by atoms with Gasteiger partial charge in [0, 0.05) is 23.6 Å². The summed E-state index contributed by atoms with van der Waals surface area (Å²) in [6, 6.07) is 11.5. The third-order valence-electron chi connectivity index (χ3n) is 6.49. The van der Waals surface area contributed by atoms with Crippen molar-refractivity contribution in [3.8, 4) is 0 Å². The molecule has 3 heterocycles. The van der Waals surface area contributed by atoms with Crippen LogP contribution in [0.25, 0.3) is 0 Å². The molecule has 2 aromatic heterocycles. The van der Waals surface area contributed by atoms with Gasteiger partial charge >= 0.3 is 0 Å². The molecule has 0 saturated heterocycles. The lowest BCUT2D eigenvalue weighted by molar-refractivity contribution is -0.119. The lowest BCUT2D eigenvalue weighted by Gasteiger charge is -2.38. The summed E-state index contributed by atoms with van der Waals surface area (Å²) in [5, 5.41) is 6.43. The van der Waals surface area contributed by atoms with Crippen molar-refractivity contribution >= 4 is 29.3 Å². The molecule has 0 bridgehead atoms. The monoisotopic (exact) mass is 504 g/mol. The number of allylic oxidation sites excluding steroid dienone is 2. The van der Waals surface area contributed by atoms with Crippen LogP contribution in [-0.2, 0) is 16.1 Å². The van der Waals surface area contributed by atoms with Crippen molar-refractivity contribution in [3.05, 3.63) is 86.7 Å². The van der Waals surface area contributed by atoms with Crippen LogP contribution in [0.4, 0.5) is 5.82 Å². The van der Waals surface area contributed by atoms with Crippen LogP contribution >= 0.6 is 11.8 Å². The summed E-state index contributed by atoms with van der Waals surface area (Å²) in [5.74, 6) is 0.542. The molecule has 1 aromatic carbocycles. The van der Waals surface area contributed by atoms with Crippen LogP contribution in [0.15, 0.2) is 68.3 Å². The maximum absolute atomic E-state index is 13.4. The molecule has 1 atom stereocenters. The van der Waals surface area contributed by atoms with E-state index in [9.17, 15) is 14.4 Å². The molecule has 0 unspecified atom stereocenters. The number of H-pyrrole nitrogens is 1. The summed E-state index contributed by atoms with van der Waals surface area (Å²) in [6.07, 6.45) is 2.66. The third-order valence-corrected chi connectivity index (χ3v) is 7.36. The van der Waals surface area contributed by atoms with Crippen LogP contribution in [0, 0.1) is 12.3 Å². The van der Waals surface area contributed by atoms with E-state index in [-0.39, 0.29) is 28.4 Å². The van der Waals surface area contributed by atoms with E-state index >= 15 is 0 Å². The highest BCUT2D eigenvalue weighted by Gasteiger charge is 2.42. The quantitative estimate of drug-likeness (QED) is 0.339. The van der Waals surface area contributed by atoms with Crippen LogP contribution in [0.5, 0.6) is 0 Å². The Balaban J connectivity index is 1.45. The highest BCUT2D eigenvalue weighted by molar-refractivity contribution is 7.99. The smallest absolute Gasteiger partial charge is 0.257 e. The van der Waals surface area contributed by atoms with Gasteiger partial charge < -0.3 is 20.0 Å². The van der Waals surface area contributed by atoms with E-state index in [2.05, 4.69) is 34.4 Å². The molecule has 0 saturated carbocycles. The number of carbonyl (C=O) groups excluding carboxylic acids is 2. The maximum Gasteiger partial charge on any atom is 0.257 e. The number of rotatable bonds is 6. The SMILES string of the molecule is Cc1ccc([C@H]2C3=C(CC(C)(C)CC3=O)Nc3nc(SCC(=O)NCc4ccco4)[nH]c(=O)c32)cc1. The number of fused-ring (bicyclic) bond motifs is 1. The van der Waals surface area contributed by atoms with Crippen LogP contribution in [0.3, 0.4) is 0 Å². The summed E-state index contributed by atoms with van der Waals surface area (Å²) < 4.78 is 5.23. The second kappa shape index (κ2) is 9.46. The number of ketones is 1. The Labute approximate surface area is 213 Å². The predicted octanol–water partition coefficient (Wildman–Crippen LogP) is 4.28. The van der Waals surface area contributed by atoms with Crippen LogP contribution < -0.4 is 16.2 Å². The van der Waals surface area contributed by atoms with Crippen molar-refractivity contribution < 1.29 is 14.0 Å². The van der Waals surface area contributed by atoms with E-state index in [0.717, 1.165) is 28.6 Å². The van der Waals surface area contributed by atoms with Gasteiger partial charge in [-0.2, -0.15) is 0 Å². The highest BCUT2D eigenvalue weighted by atomic mass is 32.2. The second-order valence-corrected chi connectivity index (χ2v) is 11.0. The fourth-order valence-electron chi connectivity index (χ4n) is 4.84. The fraction of sp³-hybridized carbons (Fsp3) is 0.333. The Morgan fingerprint density at radius 3 is 2.69 bits per heavy atom. The number of hydrogen-bond acceptors (Lipinski definition) is 7. The average Bonchev–Trinajstić information content (AvgIpc) is 3.33. The normalized spacial score (nSPS) is 18.3. The number of benzene rings is 1. The van der Waals surface area contributed by atoms with E-state index < -0.39 is 5.92 Å². The number of aromatic nitrogens is 2. The van der Waals surface area contributed by atoms with Crippen LogP contribution in [0.2, 0.25) is 0 Å². The van der Waals surface area contributed by atoms with Crippen LogP contribution in [-0.4, -0.2) is 27.4 Å². The Kier molecular flexibility index (Phi) is 6.34. The molecule has 8 nitrogen and oxygen atoms in total. The van der Waals surface area contributed by atoms with E-state index in [4.69, 9.17) is 4.42 Å².